The van der Waals surface area contributed by atoms with Gasteiger partial charge in [-0.05, 0) is 0 Å². The molecule has 0 unspecified atom stereocenters. The second kappa shape index (κ2) is 5.04. The number of nitrogen functional groups attached to an aromatic ring is 1. The van der Waals surface area contributed by atoms with Gasteiger partial charge in [-0.3, -0.25) is 0 Å². The molecule has 3 heterocycles. The van der Waals surface area contributed by atoms with Gasteiger partial charge in [0.25, 0.3) is 5.89 Å². The van der Waals surface area contributed by atoms with Crippen LogP contribution in [0.1, 0.15) is 0 Å². The van der Waals surface area contributed by atoms with Crippen LogP contribution in [0.2, 0.25) is 0 Å². The molecule has 4 aromatic rings. The molecule has 8 nitrogen and oxygen atoms in total. The third-order valence-electron chi connectivity index (χ3n) is 2.97. The highest BCUT2D eigenvalue weighted by atomic mass is 32.1. The van der Waals surface area contributed by atoms with Crippen LogP contribution < -0.4 is 5.73 Å². The summed E-state index contributed by atoms with van der Waals surface area (Å²) in [6.07, 6.45) is 1.67. The predicted octanol–water partition coefficient (Wildman–Crippen LogP) is 2.02. The highest BCUT2D eigenvalue weighted by molar-refractivity contribution is 7.12. The van der Waals surface area contributed by atoms with Crippen molar-refractivity contribution in [3.63, 3.8) is 0 Å². The van der Waals surface area contributed by atoms with Crippen LogP contribution in [0.25, 0.3) is 28.1 Å². The standard InChI is InChI=1S/C13H9N7OS/c14-10-9(17-19-20(10)13-15-6-7-22-13)12-16-11(18-21-12)8-4-2-1-3-5-8/h1-7H,14H2. The summed E-state index contributed by atoms with van der Waals surface area (Å²) in [4.78, 5) is 8.46. The van der Waals surface area contributed by atoms with Gasteiger partial charge in [0.1, 0.15) is 0 Å². The number of benzene rings is 1. The zero-order valence-corrected chi connectivity index (χ0v) is 11.9. The Morgan fingerprint density at radius 2 is 2.05 bits per heavy atom. The van der Waals surface area contributed by atoms with Crippen molar-refractivity contribution < 1.29 is 4.52 Å². The van der Waals surface area contributed by atoms with Crippen LogP contribution in [-0.4, -0.2) is 30.1 Å². The quantitative estimate of drug-likeness (QED) is 0.616. The average Bonchev–Trinajstić information content (AvgIpc) is 3.28. The van der Waals surface area contributed by atoms with Crippen molar-refractivity contribution >= 4 is 17.2 Å². The first kappa shape index (κ1) is 12.7. The molecule has 4 rings (SSSR count). The van der Waals surface area contributed by atoms with Crippen LogP contribution in [0.5, 0.6) is 0 Å². The molecule has 3 aromatic heterocycles. The lowest BCUT2D eigenvalue weighted by molar-refractivity contribution is 0.431. The second-order valence-electron chi connectivity index (χ2n) is 4.34. The molecule has 0 aliphatic heterocycles. The van der Waals surface area contributed by atoms with Crippen molar-refractivity contribution in [3.8, 4) is 28.1 Å². The summed E-state index contributed by atoms with van der Waals surface area (Å²) in [6.45, 7) is 0. The highest BCUT2D eigenvalue weighted by Gasteiger charge is 2.20. The van der Waals surface area contributed by atoms with Gasteiger partial charge >= 0.3 is 0 Å². The van der Waals surface area contributed by atoms with E-state index in [0.717, 1.165) is 5.56 Å². The molecule has 9 heteroatoms. The minimum atomic E-state index is 0.221. The van der Waals surface area contributed by atoms with Crippen LogP contribution in [0.4, 0.5) is 5.82 Å². The van der Waals surface area contributed by atoms with Crippen LogP contribution in [-0.2, 0) is 0 Å². The Labute approximate surface area is 128 Å². The lowest BCUT2D eigenvalue weighted by Gasteiger charge is -1.96. The topological polar surface area (TPSA) is 109 Å². The van der Waals surface area contributed by atoms with Crippen molar-refractivity contribution in [3.05, 3.63) is 41.9 Å². The fourth-order valence-electron chi connectivity index (χ4n) is 1.93. The maximum Gasteiger partial charge on any atom is 0.282 e. The van der Waals surface area contributed by atoms with E-state index < -0.39 is 0 Å². The van der Waals surface area contributed by atoms with Crippen LogP contribution in [0.15, 0.2) is 46.4 Å². The predicted molar refractivity (Wildman–Crippen MR) is 80.2 cm³/mol. The average molecular weight is 311 g/mol. The van der Waals surface area contributed by atoms with Crippen LogP contribution in [0.3, 0.4) is 0 Å². The Kier molecular flexibility index (Phi) is 2.90. The Morgan fingerprint density at radius 1 is 1.18 bits per heavy atom. The zero-order valence-electron chi connectivity index (χ0n) is 11.1. The van der Waals surface area contributed by atoms with E-state index >= 15 is 0 Å². The van der Waals surface area contributed by atoms with E-state index in [1.165, 1.54) is 16.0 Å². The summed E-state index contributed by atoms with van der Waals surface area (Å²) in [7, 11) is 0. The molecule has 1 aromatic carbocycles. The van der Waals surface area contributed by atoms with Gasteiger partial charge in [0.05, 0.1) is 0 Å². The smallest absolute Gasteiger partial charge is 0.282 e. The lowest BCUT2D eigenvalue weighted by atomic mass is 10.2. The molecule has 0 aliphatic rings. The fraction of sp³-hybridized carbons (Fsp3) is 0. The van der Waals surface area contributed by atoms with E-state index in [1.54, 1.807) is 6.20 Å². The molecule has 0 fully saturated rings. The van der Waals surface area contributed by atoms with Crippen molar-refractivity contribution in [1.29, 1.82) is 0 Å². The van der Waals surface area contributed by atoms with Gasteiger partial charge in [-0.25, -0.2) is 4.98 Å². The summed E-state index contributed by atoms with van der Waals surface area (Å²) in [6, 6.07) is 9.51. The van der Waals surface area contributed by atoms with E-state index in [9.17, 15) is 0 Å². The summed E-state index contributed by atoms with van der Waals surface area (Å²) in [5.41, 5.74) is 7.24. The summed E-state index contributed by atoms with van der Waals surface area (Å²) in [5, 5.41) is 14.4. The molecule has 108 valence electrons. The van der Waals surface area contributed by atoms with E-state index in [2.05, 4.69) is 25.4 Å². The molecule has 0 radical (unpaired) electrons. The van der Waals surface area contributed by atoms with E-state index in [0.29, 0.717) is 22.5 Å². The number of nitrogens with two attached hydrogens (primary N) is 1. The van der Waals surface area contributed by atoms with E-state index in [4.69, 9.17) is 10.3 Å². The molecule has 0 amide bonds. The molecule has 22 heavy (non-hydrogen) atoms. The third kappa shape index (κ3) is 2.04. The van der Waals surface area contributed by atoms with Crippen molar-refractivity contribution in [2.24, 2.45) is 0 Å². The van der Waals surface area contributed by atoms with E-state index in [-0.39, 0.29) is 5.89 Å². The van der Waals surface area contributed by atoms with Gasteiger partial charge in [-0.15, -0.1) is 16.4 Å². The Hall–Kier alpha value is -3.07. The first-order valence-electron chi connectivity index (χ1n) is 6.33. The molecule has 2 N–H and O–H groups in total. The van der Waals surface area contributed by atoms with Gasteiger partial charge in [0.2, 0.25) is 11.0 Å². The zero-order chi connectivity index (χ0) is 14.9. The van der Waals surface area contributed by atoms with Crippen molar-refractivity contribution in [2.75, 3.05) is 5.73 Å². The maximum atomic E-state index is 6.05. The monoisotopic (exact) mass is 311 g/mol. The second-order valence-corrected chi connectivity index (χ2v) is 5.21. The number of hydrogen-bond acceptors (Lipinski definition) is 8. The number of rotatable bonds is 3. The van der Waals surface area contributed by atoms with Gasteiger partial charge in [-0.1, -0.05) is 40.7 Å². The van der Waals surface area contributed by atoms with Crippen molar-refractivity contribution in [2.45, 2.75) is 0 Å². The number of nitrogens with zero attached hydrogens (tertiary/aromatic N) is 6. The molecular formula is C13H9N7OS. The van der Waals surface area contributed by atoms with Crippen LogP contribution in [0, 0.1) is 0 Å². The highest BCUT2D eigenvalue weighted by Crippen LogP contribution is 2.26. The molecule has 0 aliphatic carbocycles. The van der Waals surface area contributed by atoms with Crippen LogP contribution >= 0.6 is 11.3 Å². The Bertz CT molecular complexity index is 898. The molecule has 0 atom stereocenters. The molecule has 0 bridgehead atoms. The third-order valence-corrected chi connectivity index (χ3v) is 3.71. The molecule has 0 spiro atoms. The Balaban J connectivity index is 1.73. The first-order valence-corrected chi connectivity index (χ1v) is 7.21. The van der Waals surface area contributed by atoms with Crippen molar-refractivity contribution in [1.82, 2.24) is 30.1 Å². The summed E-state index contributed by atoms with van der Waals surface area (Å²) < 4.78 is 6.68. The number of thiazole rings is 1. The molecule has 0 saturated carbocycles. The number of aromatic nitrogens is 6. The minimum Gasteiger partial charge on any atom is -0.381 e. The molecule has 0 saturated heterocycles. The largest absolute Gasteiger partial charge is 0.381 e. The van der Waals surface area contributed by atoms with Gasteiger partial charge in [0, 0.05) is 17.1 Å². The lowest BCUT2D eigenvalue weighted by Crippen LogP contribution is -2.01. The normalized spacial score (nSPS) is 10.9. The first-order chi connectivity index (χ1) is 10.8. The van der Waals surface area contributed by atoms with E-state index in [1.807, 2.05) is 35.7 Å². The number of anilines is 1. The summed E-state index contributed by atoms with van der Waals surface area (Å²) in [5.74, 6) is 0.996. The molecular weight excluding hydrogens is 302 g/mol. The van der Waals surface area contributed by atoms with Gasteiger partial charge in [-0.2, -0.15) is 9.67 Å². The minimum absolute atomic E-state index is 0.221. The maximum absolute atomic E-state index is 6.05. The Morgan fingerprint density at radius 3 is 2.82 bits per heavy atom. The summed E-state index contributed by atoms with van der Waals surface area (Å²) >= 11 is 1.40. The fourth-order valence-corrected chi connectivity index (χ4v) is 2.53. The number of hydrogen-bond donors (Lipinski definition) is 1. The van der Waals surface area contributed by atoms with Gasteiger partial charge < -0.3 is 10.3 Å². The SMILES string of the molecule is Nc1c(-c2nc(-c3ccccc3)no2)nnn1-c1nccs1. The van der Waals surface area contributed by atoms with Gasteiger partial charge in [0.15, 0.2) is 11.5 Å².